The molecule has 7 nitrogen and oxygen atoms in total. The molecule has 9 heteroatoms. The van der Waals surface area contributed by atoms with Crippen molar-refractivity contribution >= 4 is 21.7 Å². The van der Waals surface area contributed by atoms with Crippen LogP contribution < -0.4 is 5.32 Å². The molecule has 0 bridgehead atoms. The molecular weight excluding hydrogens is 491 g/mol. The van der Waals surface area contributed by atoms with Crippen molar-refractivity contribution in [2.45, 2.75) is 31.6 Å². The zero-order chi connectivity index (χ0) is 26.4. The largest absolute Gasteiger partial charge is 0.309 e. The summed E-state index contributed by atoms with van der Waals surface area (Å²) in [6, 6.07) is 23.6. The first kappa shape index (κ1) is 26.2. The summed E-state index contributed by atoms with van der Waals surface area (Å²) in [6.45, 7) is 3.70. The van der Waals surface area contributed by atoms with Gasteiger partial charge in [0.1, 0.15) is 11.6 Å². The van der Waals surface area contributed by atoms with Crippen LogP contribution in [0.2, 0.25) is 0 Å². The third kappa shape index (κ3) is 6.31. The predicted octanol–water partition coefficient (Wildman–Crippen LogP) is 5.42. The third-order valence-electron chi connectivity index (χ3n) is 5.86. The van der Waals surface area contributed by atoms with Crippen molar-refractivity contribution in [3.63, 3.8) is 0 Å². The molecule has 0 unspecified atom stereocenters. The average Bonchev–Trinajstić information content (AvgIpc) is 3.31. The summed E-state index contributed by atoms with van der Waals surface area (Å²) >= 11 is 0. The Kier molecular flexibility index (Phi) is 8.15. The lowest BCUT2D eigenvalue weighted by Gasteiger charge is -2.21. The minimum absolute atomic E-state index is 0.0612. The van der Waals surface area contributed by atoms with E-state index in [0.717, 1.165) is 39.7 Å². The molecule has 0 atom stereocenters. The lowest BCUT2D eigenvalue weighted by molar-refractivity contribution is -0.116. The standard InChI is InChI=1S/C28H29FN4O3S/c1-3-4-18-32(37(35,36)25-16-12-23(29)13-17-25)20-28(34)30-27-19-26(22-8-6-5-7-9-22)31-33(27)24-14-10-21(2)11-15-24/h5-17,19H,3-4,18,20H2,1-2H3,(H,30,34). The molecule has 0 aliphatic rings. The van der Waals surface area contributed by atoms with Crippen molar-refractivity contribution in [3.05, 3.63) is 96.3 Å². The maximum Gasteiger partial charge on any atom is 0.243 e. The Balaban J connectivity index is 1.63. The van der Waals surface area contributed by atoms with E-state index in [1.807, 2.05) is 68.4 Å². The summed E-state index contributed by atoms with van der Waals surface area (Å²) in [5.41, 5.74) is 3.39. The lowest BCUT2D eigenvalue weighted by atomic mass is 10.1. The second-order valence-electron chi connectivity index (χ2n) is 8.72. The van der Waals surface area contributed by atoms with Crippen LogP contribution in [0.25, 0.3) is 16.9 Å². The maximum absolute atomic E-state index is 13.4. The number of unbranched alkanes of at least 4 members (excludes halogenated alkanes) is 1. The molecule has 1 heterocycles. The molecule has 3 aromatic carbocycles. The molecule has 0 spiro atoms. The SMILES string of the molecule is CCCCN(CC(=O)Nc1cc(-c2ccccc2)nn1-c1ccc(C)cc1)S(=O)(=O)c1ccc(F)cc1. The van der Waals surface area contributed by atoms with Gasteiger partial charge in [0.25, 0.3) is 0 Å². The summed E-state index contributed by atoms with van der Waals surface area (Å²) in [7, 11) is -4.00. The number of hydrogen-bond acceptors (Lipinski definition) is 4. The van der Waals surface area contributed by atoms with E-state index in [2.05, 4.69) is 5.32 Å². The molecule has 0 fully saturated rings. The number of sulfonamides is 1. The van der Waals surface area contributed by atoms with Crippen molar-refractivity contribution in [2.24, 2.45) is 0 Å². The fourth-order valence-corrected chi connectivity index (χ4v) is 5.25. The molecule has 1 amide bonds. The average molecular weight is 521 g/mol. The molecule has 1 N–H and O–H groups in total. The number of nitrogens with zero attached hydrogens (tertiary/aromatic N) is 3. The van der Waals surface area contributed by atoms with Gasteiger partial charge in [-0.05, 0) is 49.7 Å². The first-order chi connectivity index (χ1) is 17.8. The monoisotopic (exact) mass is 520 g/mol. The number of carbonyl (C=O) groups is 1. The summed E-state index contributed by atoms with van der Waals surface area (Å²) in [6.07, 6.45) is 1.32. The number of anilines is 1. The number of benzene rings is 3. The van der Waals surface area contributed by atoms with Gasteiger partial charge in [-0.25, -0.2) is 17.5 Å². The fraction of sp³-hybridized carbons (Fsp3) is 0.214. The molecule has 0 saturated heterocycles. The zero-order valence-electron chi connectivity index (χ0n) is 20.8. The van der Waals surface area contributed by atoms with Gasteiger partial charge < -0.3 is 5.32 Å². The maximum atomic E-state index is 13.4. The van der Waals surface area contributed by atoms with Gasteiger partial charge >= 0.3 is 0 Å². The molecule has 1 aromatic heterocycles. The molecule has 4 aromatic rings. The van der Waals surface area contributed by atoms with Crippen LogP contribution in [0, 0.1) is 12.7 Å². The van der Waals surface area contributed by atoms with Crippen LogP contribution in [0.5, 0.6) is 0 Å². The van der Waals surface area contributed by atoms with E-state index in [0.29, 0.717) is 17.9 Å². The Morgan fingerprint density at radius 1 is 1.00 bits per heavy atom. The van der Waals surface area contributed by atoms with E-state index in [-0.39, 0.29) is 18.0 Å². The molecular formula is C28H29FN4O3S. The first-order valence-electron chi connectivity index (χ1n) is 12.1. The molecule has 37 heavy (non-hydrogen) atoms. The van der Waals surface area contributed by atoms with E-state index in [4.69, 9.17) is 5.10 Å². The molecule has 0 aliphatic carbocycles. The van der Waals surface area contributed by atoms with Crippen molar-refractivity contribution < 1.29 is 17.6 Å². The molecule has 192 valence electrons. The van der Waals surface area contributed by atoms with Crippen molar-refractivity contribution in [3.8, 4) is 16.9 Å². The molecule has 0 saturated carbocycles. The van der Waals surface area contributed by atoms with Crippen LogP contribution in [-0.4, -0.2) is 41.5 Å². The third-order valence-corrected chi connectivity index (χ3v) is 7.72. The number of rotatable bonds is 10. The smallest absolute Gasteiger partial charge is 0.243 e. The van der Waals surface area contributed by atoms with Crippen molar-refractivity contribution in [2.75, 3.05) is 18.4 Å². The Morgan fingerprint density at radius 3 is 2.32 bits per heavy atom. The first-order valence-corrected chi connectivity index (χ1v) is 13.5. The van der Waals surface area contributed by atoms with Crippen LogP contribution in [0.15, 0.2) is 89.8 Å². The van der Waals surface area contributed by atoms with Crippen LogP contribution in [0.4, 0.5) is 10.2 Å². The number of carbonyl (C=O) groups excluding carboxylic acids is 1. The highest BCUT2D eigenvalue weighted by Crippen LogP contribution is 2.25. The van der Waals surface area contributed by atoms with E-state index in [1.165, 1.54) is 12.1 Å². The number of halogens is 1. The normalized spacial score (nSPS) is 11.6. The number of aromatic nitrogens is 2. The Morgan fingerprint density at radius 2 is 1.68 bits per heavy atom. The minimum Gasteiger partial charge on any atom is -0.309 e. The van der Waals surface area contributed by atoms with Crippen molar-refractivity contribution in [1.29, 1.82) is 0 Å². The van der Waals surface area contributed by atoms with Gasteiger partial charge in [-0.15, -0.1) is 0 Å². The number of aryl methyl sites for hydroxylation is 1. The van der Waals surface area contributed by atoms with Gasteiger partial charge in [-0.1, -0.05) is 61.4 Å². The van der Waals surface area contributed by atoms with E-state index < -0.39 is 21.7 Å². The molecule has 0 aliphatic heterocycles. The van der Waals surface area contributed by atoms with E-state index in [1.54, 1.807) is 10.7 Å². The second kappa shape index (κ2) is 11.5. The van der Waals surface area contributed by atoms with E-state index >= 15 is 0 Å². The number of hydrogen-bond donors (Lipinski definition) is 1. The van der Waals surface area contributed by atoms with Crippen molar-refractivity contribution in [1.82, 2.24) is 14.1 Å². The predicted molar refractivity (Wildman–Crippen MR) is 142 cm³/mol. The van der Waals surface area contributed by atoms with Gasteiger partial charge in [0.2, 0.25) is 15.9 Å². The van der Waals surface area contributed by atoms with Gasteiger partial charge in [-0.2, -0.15) is 9.40 Å². The van der Waals surface area contributed by atoms with Gasteiger partial charge in [-0.3, -0.25) is 4.79 Å². The van der Waals surface area contributed by atoms with Gasteiger partial charge in [0.15, 0.2) is 0 Å². The number of amides is 1. The number of nitrogens with one attached hydrogen (secondary N) is 1. The van der Waals surface area contributed by atoms with Gasteiger partial charge in [0, 0.05) is 18.2 Å². The lowest BCUT2D eigenvalue weighted by Crippen LogP contribution is -2.38. The van der Waals surface area contributed by atoms with E-state index in [9.17, 15) is 17.6 Å². The molecule has 4 rings (SSSR count). The summed E-state index contributed by atoms with van der Waals surface area (Å²) in [4.78, 5) is 13.1. The second-order valence-corrected chi connectivity index (χ2v) is 10.7. The quantitative estimate of drug-likeness (QED) is 0.303. The topological polar surface area (TPSA) is 84.3 Å². The Labute approximate surface area is 216 Å². The van der Waals surface area contributed by atoms with Crippen LogP contribution in [0.3, 0.4) is 0 Å². The van der Waals surface area contributed by atoms with Gasteiger partial charge in [0.05, 0.1) is 22.8 Å². The van der Waals surface area contributed by atoms with Crippen LogP contribution in [0.1, 0.15) is 25.3 Å². The Bertz CT molecular complexity index is 1450. The fourth-order valence-electron chi connectivity index (χ4n) is 3.82. The van der Waals surface area contributed by atoms with Crippen LogP contribution in [-0.2, 0) is 14.8 Å². The summed E-state index contributed by atoms with van der Waals surface area (Å²) < 4.78 is 42.6. The summed E-state index contributed by atoms with van der Waals surface area (Å²) in [5, 5.41) is 7.55. The zero-order valence-corrected chi connectivity index (χ0v) is 21.6. The minimum atomic E-state index is -4.00. The highest BCUT2D eigenvalue weighted by molar-refractivity contribution is 7.89. The highest BCUT2D eigenvalue weighted by Gasteiger charge is 2.27. The Hall–Kier alpha value is -3.82. The summed E-state index contributed by atoms with van der Waals surface area (Å²) in [5.74, 6) is -0.618. The molecule has 0 radical (unpaired) electrons. The van der Waals surface area contributed by atoms with Crippen LogP contribution >= 0.6 is 0 Å². The highest BCUT2D eigenvalue weighted by atomic mass is 32.2.